The minimum absolute atomic E-state index is 0.533. The quantitative estimate of drug-likeness (QED) is 0.160. The average Bonchev–Trinajstić information content (AvgIpc) is 4.08. The summed E-state index contributed by atoms with van der Waals surface area (Å²) in [5.41, 5.74) is 14.0. The summed E-state index contributed by atoms with van der Waals surface area (Å²) in [4.78, 5) is 20.7. The Morgan fingerprint density at radius 1 is 0.308 bits per heavy atom. The first-order valence-corrected chi connectivity index (χ1v) is 21.7. The summed E-state index contributed by atoms with van der Waals surface area (Å²) in [6, 6.07) is 75.8. The van der Waals surface area contributed by atoms with E-state index in [9.17, 15) is 0 Å². The molecular formula is C58H36N6O. The van der Waals surface area contributed by atoms with E-state index in [0.717, 1.165) is 99.3 Å². The van der Waals surface area contributed by atoms with Gasteiger partial charge in [-0.3, -0.25) is 4.57 Å². The Balaban J connectivity index is 1.05. The Bertz CT molecular complexity index is 3770. The van der Waals surface area contributed by atoms with E-state index in [1.807, 2.05) is 36.4 Å². The van der Waals surface area contributed by atoms with E-state index in [4.69, 9.17) is 24.4 Å². The Morgan fingerprint density at radius 3 is 1.32 bits per heavy atom. The maximum absolute atomic E-state index is 6.18. The van der Waals surface area contributed by atoms with Crippen LogP contribution in [0.25, 0.3) is 123 Å². The molecule has 7 heteroatoms. The van der Waals surface area contributed by atoms with Gasteiger partial charge in [-0.25, -0.2) is 9.97 Å². The zero-order valence-electron chi connectivity index (χ0n) is 34.9. The predicted molar refractivity (Wildman–Crippen MR) is 263 cm³/mol. The number of fused-ring (bicyclic) bond motifs is 8. The van der Waals surface area contributed by atoms with Gasteiger partial charge in [0.15, 0.2) is 17.2 Å². The smallest absolute Gasteiger partial charge is 0.238 e. The maximum Gasteiger partial charge on any atom is 0.238 e. The van der Waals surface area contributed by atoms with Crippen LogP contribution in [0.1, 0.15) is 0 Å². The van der Waals surface area contributed by atoms with Crippen molar-refractivity contribution in [3.05, 3.63) is 218 Å². The first-order chi connectivity index (χ1) is 32.2. The molecule has 0 aliphatic rings. The molecular weight excluding hydrogens is 797 g/mol. The Kier molecular flexibility index (Phi) is 8.39. The minimum atomic E-state index is 0.533. The number of nitrogens with zero attached hydrogens (tertiary/aromatic N) is 6. The van der Waals surface area contributed by atoms with Crippen LogP contribution in [-0.4, -0.2) is 29.1 Å². The second kappa shape index (κ2) is 14.9. The molecule has 0 amide bonds. The summed E-state index contributed by atoms with van der Waals surface area (Å²) in [5.74, 6) is 2.30. The maximum atomic E-state index is 6.18. The summed E-state index contributed by atoms with van der Waals surface area (Å²) < 4.78 is 10.8. The van der Waals surface area contributed by atoms with Crippen LogP contribution in [0.5, 0.6) is 0 Å². The summed E-state index contributed by atoms with van der Waals surface area (Å²) in [6.07, 6.45) is 0. The molecule has 4 heterocycles. The van der Waals surface area contributed by atoms with E-state index in [0.29, 0.717) is 23.5 Å². The highest BCUT2D eigenvalue weighted by molar-refractivity contribution is 6.23. The van der Waals surface area contributed by atoms with Gasteiger partial charge in [0.2, 0.25) is 11.8 Å². The molecule has 9 aromatic carbocycles. The van der Waals surface area contributed by atoms with Gasteiger partial charge in [-0.1, -0.05) is 170 Å². The van der Waals surface area contributed by atoms with E-state index in [1.165, 1.54) is 0 Å². The largest absolute Gasteiger partial charge is 0.436 e. The molecule has 0 radical (unpaired) electrons. The lowest BCUT2D eigenvalue weighted by molar-refractivity contribution is 0.620. The third-order valence-corrected chi connectivity index (χ3v) is 12.5. The fourth-order valence-corrected chi connectivity index (χ4v) is 9.33. The van der Waals surface area contributed by atoms with Gasteiger partial charge < -0.3 is 8.98 Å². The van der Waals surface area contributed by atoms with Gasteiger partial charge in [-0.15, -0.1) is 0 Å². The van der Waals surface area contributed by atoms with Gasteiger partial charge in [0, 0.05) is 43.9 Å². The normalized spacial score (nSPS) is 11.7. The number of oxazole rings is 1. The van der Waals surface area contributed by atoms with E-state index >= 15 is 0 Å². The van der Waals surface area contributed by atoms with Crippen LogP contribution in [0.15, 0.2) is 223 Å². The molecule has 0 atom stereocenters. The van der Waals surface area contributed by atoms with Gasteiger partial charge in [-0.2, -0.15) is 9.97 Å². The number of benzene rings is 9. The van der Waals surface area contributed by atoms with Crippen molar-refractivity contribution < 1.29 is 4.42 Å². The van der Waals surface area contributed by atoms with Crippen molar-refractivity contribution in [1.82, 2.24) is 29.1 Å². The van der Waals surface area contributed by atoms with Crippen LogP contribution in [-0.2, 0) is 0 Å². The highest BCUT2D eigenvalue weighted by atomic mass is 16.3. The van der Waals surface area contributed by atoms with Gasteiger partial charge >= 0.3 is 0 Å². The first-order valence-electron chi connectivity index (χ1n) is 21.7. The zero-order valence-corrected chi connectivity index (χ0v) is 34.9. The van der Waals surface area contributed by atoms with E-state index in [1.54, 1.807) is 0 Å². The van der Waals surface area contributed by atoms with Crippen molar-refractivity contribution in [2.75, 3.05) is 0 Å². The van der Waals surface area contributed by atoms with E-state index in [-0.39, 0.29) is 0 Å². The minimum Gasteiger partial charge on any atom is -0.436 e. The van der Waals surface area contributed by atoms with Crippen LogP contribution in [0, 0.1) is 0 Å². The number of para-hydroxylation sites is 4. The van der Waals surface area contributed by atoms with Crippen LogP contribution >= 0.6 is 0 Å². The number of aromatic nitrogens is 6. The third-order valence-electron chi connectivity index (χ3n) is 12.5. The number of hydrogen-bond acceptors (Lipinski definition) is 5. The molecule has 0 unspecified atom stereocenters. The van der Waals surface area contributed by atoms with Crippen molar-refractivity contribution >= 4 is 54.7 Å². The molecule has 304 valence electrons. The van der Waals surface area contributed by atoms with E-state index < -0.39 is 0 Å². The summed E-state index contributed by atoms with van der Waals surface area (Å²) >= 11 is 0. The lowest BCUT2D eigenvalue weighted by Crippen LogP contribution is -2.07. The molecule has 0 bridgehead atoms. The summed E-state index contributed by atoms with van der Waals surface area (Å²) in [5, 5.41) is 4.49. The average molecular weight is 833 g/mol. The Hall–Kier alpha value is -8.94. The lowest BCUT2D eigenvalue weighted by atomic mass is 10.0. The molecule has 7 nitrogen and oxygen atoms in total. The number of rotatable bonds is 7. The molecule has 65 heavy (non-hydrogen) atoms. The molecule has 0 spiro atoms. The van der Waals surface area contributed by atoms with Crippen LogP contribution in [0.2, 0.25) is 0 Å². The van der Waals surface area contributed by atoms with Crippen molar-refractivity contribution in [3.63, 3.8) is 0 Å². The van der Waals surface area contributed by atoms with Crippen molar-refractivity contribution in [1.29, 1.82) is 0 Å². The van der Waals surface area contributed by atoms with Gasteiger partial charge in [0.05, 0.1) is 22.1 Å². The first kappa shape index (κ1) is 36.7. The summed E-state index contributed by atoms with van der Waals surface area (Å²) in [7, 11) is 0. The summed E-state index contributed by atoms with van der Waals surface area (Å²) in [6.45, 7) is 0. The zero-order chi connectivity index (χ0) is 42.8. The third kappa shape index (κ3) is 6.13. The molecule has 0 fully saturated rings. The second-order valence-electron chi connectivity index (χ2n) is 16.3. The molecule has 13 rings (SSSR count). The fraction of sp³-hybridized carbons (Fsp3) is 0. The van der Waals surface area contributed by atoms with Crippen LogP contribution in [0.3, 0.4) is 0 Å². The molecule has 0 aliphatic heterocycles. The SMILES string of the molecule is c1ccc(-c2ccc(-c3nc(-c4ccc(-c5ccccc5)cc4)nc(-n4c5ccccc5c5ccc6c7ccccc7n(-c7ccc(-c8nc9ccccc9o8)cc7)c6c54)n3)cc2)cc1. The number of hydrogen-bond donors (Lipinski definition) is 0. The van der Waals surface area contributed by atoms with E-state index in [2.05, 4.69) is 191 Å². The molecule has 13 aromatic rings. The van der Waals surface area contributed by atoms with Crippen molar-refractivity contribution in [3.8, 4) is 68.1 Å². The molecule has 0 aliphatic carbocycles. The molecule has 0 saturated heterocycles. The lowest BCUT2D eigenvalue weighted by Gasteiger charge is -2.14. The Labute approximate surface area is 373 Å². The van der Waals surface area contributed by atoms with Gasteiger partial charge in [-0.05, 0) is 70.8 Å². The monoisotopic (exact) mass is 832 g/mol. The van der Waals surface area contributed by atoms with Crippen LogP contribution in [0.4, 0.5) is 0 Å². The molecule has 0 N–H and O–H groups in total. The highest BCUT2D eigenvalue weighted by Crippen LogP contribution is 2.42. The standard InChI is InChI=1S/C58H36N6O/c1-3-13-37(14-4-1)39-23-27-41(28-24-39)55-60-56(42-29-25-40(26-30-42)38-15-5-2-6-16-38)62-58(61-55)64-51-21-11-8-18-46(51)48-36-35-47-45-17-7-10-20-50(45)63(53(47)54(48)64)44-33-31-43(32-34-44)57-59-49-19-9-12-22-52(49)65-57/h1-36H. The second-order valence-corrected chi connectivity index (χ2v) is 16.3. The van der Waals surface area contributed by atoms with Crippen molar-refractivity contribution in [2.45, 2.75) is 0 Å². The van der Waals surface area contributed by atoms with Crippen LogP contribution < -0.4 is 0 Å². The molecule has 0 saturated carbocycles. The predicted octanol–water partition coefficient (Wildman–Crippen LogP) is 14.5. The Morgan fingerprint density at radius 2 is 0.754 bits per heavy atom. The van der Waals surface area contributed by atoms with Crippen molar-refractivity contribution in [2.24, 2.45) is 0 Å². The molecule has 4 aromatic heterocycles. The van der Waals surface area contributed by atoms with Gasteiger partial charge in [0.25, 0.3) is 0 Å². The fourth-order valence-electron chi connectivity index (χ4n) is 9.33. The highest BCUT2D eigenvalue weighted by Gasteiger charge is 2.24. The topological polar surface area (TPSA) is 74.6 Å². The van der Waals surface area contributed by atoms with Gasteiger partial charge in [0.1, 0.15) is 5.52 Å².